The summed E-state index contributed by atoms with van der Waals surface area (Å²) in [4.78, 5) is 12.5. The maximum atomic E-state index is 12.5. The average Bonchev–Trinajstić information content (AvgIpc) is 3.23. The number of ether oxygens (including phenoxy) is 1. The molecule has 0 saturated heterocycles. The molecule has 0 aliphatic carbocycles. The van der Waals surface area contributed by atoms with Crippen molar-refractivity contribution in [3.8, 4) is 22.8 Å². The van der Waals surface area contributed by atoms with E-state index in [-0.39, 0.29) is 11.7 Å². The third-order valence-electron chi connectivity index (χ3n) is 4.51. The molecule has 0 fully saturated rings. The van der Waals surface area contributed by atoms with Gasteiger partial charge >= 0.3 is 0 Å². The van der Waals surface area contributed by atoms with E-state index in [0.29, 0.717) is 32.5 Å². The normalized spacial score (nSPS) is 10.7. The predicted molar refractivity (Wildman–Crippen MR) is 129 cm³/mol. The Kier molecular flexibility index (Phi) is 6.99. The van der Waals surface area contributed by atoms with Crippen molar-refractivity contribution in [2.24, 2.45) is 0 Å². The van der Waals surface area contributed by atoms with Crippen LogP contribution >= 0.6 is 35.0 Å². The summed E-state index contributed by atoms with van der Waals surface area (Å²) in [6, 6.07) is 21.9. The molecule has 32 heavy (non-hydrogen) atoms. The molecule has 162 valence electrons. The number of nitrogens with one attached hydrogen (secondary N) is 1. The first kappa shape index (κ1) is 22.2. The number of methoxy groups -OCH3 is 1. The molecule has 6 nitrogen and oxygen atoms in total. The number of anilines is 1. The quantitative estimate of drug-likeness (QED) is 0.326. The summed E-state index contributed by atoms with van der Waals surface area (Å²) in [5.41, 5.74) is 2.35. The van der Waals surface area contributed by atoms with E-state index >= 15 is 0 Å². The van der Waals surface area contributed by atoms with E-state index < -0.39 is 0 Å². The number of carbonyl (C=O) groups excluding carboxylic acids is 1. The third-order valence-corrected chi connectivity index (χ3v) is 5.94. The van der Waals surface area contributed by atoms with Crippen molar-refractivity contribution in [1.29, 1.82) is 0 Å². The van der Waals surface area contributed by atoms with Crippen molar-refractivity contribution in [1.82, 2.24) is 14.8 Å². The van der Waals surface area contributed by atoms with Gasteiger partial charge in [0.05, 0.1) is 12.9 Å². The van der Waals surface area contributed by atoms with E-state index in [4.69, 9.17) is 27.9 Å². The lowest BCUT2D eigenvalue weighted by Gasteiger charge is -2.11. The molecule has 0 radical (unpaired) electrons. The lowest BCUT2D eigenvalue weighted by atomic mass is 10.2. The van der Waals surface area contributed by atoms with Gasteiger partial charge in [0.25, 0.3) is 0 Å². The first-order valence-electron chi connectivity index (χ1n) is 9.57. The van der Waals surface area contributed by atoms with Gasteiger partial charge in [-0.05, 0) is 60.7 Å². The van der Waals surface area contributed by atoms with Crippen LogP contribution in [0.2, 0.25) is 10.0 Å². The molecule has 0 saturated carbocycles. The van der Waals surface area contributed by atoms with Gasteiger partial charge in [0.1, 0.15) is 5.75 Å². The number of halogens is 2. The van der Waals surface area contributed by atoms with Gasteiger partial charge in [-0.25, -0.2) is 0 Å². The zero-order valence-corrected chi connectivity index (χ0v) is 19.3. The highest BCUT2D eigenvalue weighted by Gasteiger charge is 2.17. The largest absolute Gasteiger partial charge is 0.497 e. The fourth-order valence-electron chi connectivity index (χ4n) is 3.00. The van der Waals surface area contributed by atoms with Crippen LogP contribution in [-0.4, -0.2) is 33.5 Å². The molecule has 0 atom stereocenters. The van der Waals surface area contributed by atoms with E-state index in [1.165, 1.54) is 11.8 Å². The predicted octanol–water partition coefficient (Wildman–Crippen LogP) is 5.98. The molecule has 1 heterocycles. The number of thioether (sulfide) groups is 1. The second kappa shape index (κ2) is 10.1. The van der Waals surface area contributed by atoms with Crippen LogP contribution < -0.4 is 10.1 Å². The molecule has 4 rings (SSSR count). The van der Waals surface area contributed by atoms with E-state index in [0.717, 1.165) is 11.3 Å². The standard InChI is InChI=1S/C23H18Cl2N4O2S/c1-31-20-4-2-3-18(13-20)26-21(30)14-32-23-28-27-22(15-5-7-16(24)8-6-15)29(23)19-11-9-17(25)10-12-19/h2-13H,14H2,1H3,(H,26,30). The minimum atomic E-state index is -0.165. The molecule has 0 unspecified atom stereocenters. The van der Waals surface area contributed by atoms with E-state index in [2.05, 4.69) is 15.5 Å². The molecular weight excluding hydrogens is 467 g/mol. The van der Waals surface area contributed by atoms with Gasteiger partial charge in [0.15, 0.2) is 11.0 Å². The van der Waals surface area contributed by atoms with E-state index in [1.807, 2.05) is 41.0 Å². The number of rotatable bonds is 7. The molecule has 1 N–H and O–H groups in total. The fourth-order valence-corrected chi connectivity index (χ4v) is 4.00. The highest BCUT2D eigenvalue weighted by molar-refractivity contribution is 7.99. The SMILES string of the molecule is COc1cccc(NC(=O)CSc2nnc(-c3ccc(Cl)cc3)n2-c2ccc(Cl)cc2)c1. The van der Waals surface area contributed by atoms with Crippen molar-refractivity contribution in [2.45, 2.75) is 5.16 Å². The average molecular weight is 485 g/mol. The third kappa shape index (κ3) is 5.24. The molecule has 1 aromatic heterocycles. The number of amides is 1. The smallest absolute Gasteiger partial charge is 0.234 e. The Morgan fingerprint density at radius 3 is 2.38 bits per heavy atom. The molecule has 0 aliphatic rings. The molecule has 0 bridgehead atoms. The lowest BCUT2D eigenvalue weighted by Crippen LogP contribution is -2.14. The van der Waals surface area contributed by atoms with Crippen LogP contribution in [0.3, 0.4) is 0 Å². The van der Waals surface area contributed by atoms with Crippen LogP contribution in [-0.2, 0) is 4.79 Å². The van der Waals surface area contributed by atoms with Gasteiger partial charge in [-0.3, -0.25) is 9.36 Å². The van der Waals surface area contributed by atoms with Crippen LogP contribution in [0.15, 0.2) is 78.0 Å². The van der Waals surface area contributed by atoms with Crippen molar-refractivity contribution in [3.05, 3.63) is 82.8 Å². The van der Waals surface area contributed by atoms with Gasteiger partial charge in [-0.2, -0.15) is 0 Å². The second-order valence-electron chi connectivity index (χ2n) is 6.69. The summed E-state index contributed by atoms with van der Waals surface area (Å²) in [7, 11) is 1.58. The summed E-state index contributed by atoms with van der Waals surface area (Å²) < 4.78 is 7.09. The van der Waals surface area contributed by atoms with E-state index in [9.17, 15) is 4.79 Å². The van der Waals surface area contributed by atoms with Crippen molar-refractivity contribution in [3.63, 3.8) is 0 Å². The number of hydrogen-bond acceptors (Lipinski definition) is 5. The Morgan fingerprint density at radius 1 is 1.00 bits per heavy atom. The maximum absolute atomic E-state index is 12.5. The first-order valence-corrected chi connectivity index (χ1v) is 11.3. The molecular formula is C23H18Cl2N4O2S. The molecule has 0 spiro atoms. The minimum absolute atomic E-state index is 0.156. The number of aromatic nitrogens is 3. The monoisotopic (exact) mass is 484 g/mol. The number of benzene rings is 3. The zero-order chi connectivity index (χ0) is 22.5. The Balaban J connectivity index is 1.58. The van der Waals surface area contributed by atoms with Gasteiger partial charge in [0, 0.05) is 33.0 Å². The summed E-state index contributed by atoms with van der Waals surface area (Å²) in [6.07, 6.45) is 0. The minimum Gasteiger partial charge on any atom is -0.497 e. The Bertz CT molecular complexity index is 1230. The number of nitrogens with zero attached hydrogens (tertiary/aromatic N) is 3. The number of carbonyl (C=O) groups is 1. The lowest BCUT2D eigenvalue weighted by molar-refractivity contribution is -0.113. The van der Waals surface area contributed by atoms with Gasteiger partial charge in [-0.1, -0.05) is 41.0 Å². The fraction of sp³-hybridized carbons (Fsp3) is 0.0870. The molecule has 4 aromatic rings. The Morgan fingerprint density at radius 2 is 1.69 bits per heavy atom. The van der Waals surface area contributed by atoms with Crippen molar-refractivity contribution >= 4 is 46.6 Å². The Labute approximate surface area is 199 Å². The van der Waals surface area contributed by atoms with Gasteiger partial charge < -0.3 is 10.1 Å². The number of hydrogen-bond donors (Lipinski definition) is 1. The maximum Gasteiger partial charge on any atom is 0.234 e. The van der Waals surface area contributed by atoms with Gasteiger partial charge in [0.2, 0.25) is 5.91 Å². The summed E-state index contributed by atoms with van der Waals surface area (Å²) >= 11 is 13.4. The van der Waals surface area contributed by atoms with Crippen LogP contribution in [0.1, 0.15) is 0 Å². The van der Waals surface area contributed by atoms with E-state index in [1.54, 1.807) is 43.5 Å². The van der Waals surface area contributed by atoms with Crippen LogP contribution in [0.4, 0.5) is 5.69 Å². The summed E-state index contributed by atoms with van der Waals surface area (Å²) in [5.74, 6) is 1.30. The summed E-state index contributed by atoms with van der Waals surface area (Å²) in [5, 5.41) is 13.4. The molecule has 1 amide bonds. The van der Waals surface area contributed by atoms with Crippen molar-refractivity contribution in [2.75, 3.05) is 18.2 Å². The van der Waals surface area contributed by atoms with Crippen LogP contribution in [0.5, 0.6) is 5.75 Å². The second-order valence-corrected chi connectivity index (χ2v) is 8.51. The zero-order valence-electron chi connectivity index (χ0n) is 17.0. The van der Waals surface area contributed by atoms with Crippen LogP contribution in [0, 0.1) is 0 Å². The summed E-state index contributed by atoms with van der Waals surface area (Å²) in [6.45, 7) is 0. The van der Waals surface area contributed by atoms with Crippen molar-refractivity contribution < 1.29 is 9.53 Å². The highest BCUT2D eigenvalue weighted by atomic mass is 35.5. The van der Waals surface area contributed by atoms with Gasteiger partial charge in [-0.15, -0.1) is 10.2 Å². The first-order chi connectivity index (χ1) is 15.5. The Hall–Kier alpha value is -3.00. The van der Waals surface area contributed by atoms with Crippen LogP contribution in [0.25, 0.3) is 17.1 Å². The topological polar surface area (TPSA) is 69.0 Å². The molecule has 3 aromatic carbocycles. The highest BCUT2D eigenvalue weighted by Crippen LogP contribution is 2.29. The molecule has 0 aliphatic heterocycles. The molecule has 9 heteroatoms.